The lowest BCUT2D eigenvalue weighted by Crippen LogP contribution is -2.49. The molecule has 1 amide bonds. The molecule has 43 heavy (non-hydrogen) atoms. The van der Waals surface area contributed by atoms with Crippen molar-refractivity contribution in [3.8, 4) is 11.1 Å². The van der Waals surface area contributed by atoms with Crippen LogP contribution in [0.15, 0.2) is 46.7 Å². The molecule has 2 fully saturated rings. The van der Waals surface area contributed by atoms with E-state index in [0.29, 0.717) is 50.6 Å². The van der Waals surface area contributed by atoms with Crippen molar-refractivity contribution in [3.63, 3.8) is 0 Å². The molecule has 4 aromatic rings. The zero-order valence-corrected chi connectivity index (χ0v) is 25.2. The number of hydrogen-bond donors (Lipinski definition) is 0. The molecule has 0 aliphatic carbocycles. The van der Waals surface area contributed by atoms with Gasteiger partial charge in [0, 0.05) is 80.0 Å². The van der Waals surface area contributed by atoms with E-state index in [4.69, 9.17) is 9.72 Å². The SMILES string of the molecule is C=CC(=O)N1CCN(c2nc(=O)n3c4c(c(-c5ccc(F)c6cnn(C)c56)c(C)cc24)SCC3CN2CCOCC2)CC1. The number of thioether (sulfide) groups is 1. The summed E-state index contributed by atoms with van der Waals surface area (Å²) in [7, 11) is 1.83. The van der Waals surface area contributed by atoms with Crippen LogP contribution in [0.5, 0.6) is 0 Å². The van der Waals surface area contributed by atoms with Crippen LogP contribution in [0.3, 0.4) is 0 Å². The van der Waals surface area contributed by atoms with Crippen LogP contribution in [-0.2, 0) is 16.6 Å². The number of carbonyl (C=O) groups is 1. The molecular formula is C31H34FN7O3S. The van der Waals surface area contributed by atoms with Gasteiger partial charge in [-0.25, -0.2) is 9.18 Å². The molecule has 0 N–H and O–H groups in total. The monoisotopic (exact) mass is 603 g/mol. The third-order valence-corrected chi connectivity index (χ3v) is 10.1. The second-order valence-corrected chi connectivity index (χ2v) is 12.4. The number of anilines is 1. The van der Waals surface area contributed by atoms with Gasteiger partial charge in [-0.2, -0.15) is 10.1 Å². The number of ether oxygens (including phenoxy) is 1. The average Bonchev–Trinajstić information content (AvgIpc) is 3.42. The van der Waals surface area contributed by atoms with Crippen LogP contribution in [0.2, 0.25) is 0 Å². The summed E-state index contributed by atoms with van der Waals surface area (Å²) in [5.74, 6) is 0.965. The maximum absolute atomic E-state index is 14.8. The Labute approximate surface area is 252 Å². The first kappa shape index (κ1) is 28.1. The minimum atomic E-state index is -0.311. The van der Waals surface area contributed by atoms with Gasteiger partial charge in [-0.3, -0.25) is 18.9 Å². The lowest BCUT2D eigenvalue weighted by molar-refractivity contribution is -0.126. The predicted octanol–water partition coefficient (Wildman–Crippen LogP) is 3.21. The fourth-order valence-electron chi connectivity index (χ4n) is 6.74. The molecule has 2 saturated heterocycles. The number of halogens is 1. The number of aryl methyl sites for hydroxylation is 2. The molecule has 0 saturated carbocycles. The molecule has 224 valence electrons. The summed E-state index contributed by atoms with van der Waals surface area (Å²) < 4.78 is 24.0. The molecule has 2 aromatic carbocycles. The van der Waals surface area contributed by atoms with Gasteiger partial charge in [0.1, 0.15) is 11.6 Å². The molecule has 12 heteroatoms. The van der Waals surface area contributed by atoms with Crippen LogP contribution in [0.4, 0.5) is 10.2 Å². The first-order valence-corrected chi connectivity index (χ1v) is 15.6. The summed E-state index contributed by atoms with van der Waals surface area (Å²) in [5, 5.41) is 5.75. The normalized spacial score (nSPS) is 19.4. The lowest BCUT2D eigenvalue weighted by Gasteiger charge is -2.37. The number of carbonyl (C=O) groups excluding carboxylic acids is 1. The number of nitrogens with zero attached hydrogens (tertiary/aromatic N) is 7. The van der Waals surface area contributed by atoms with Crippen molar-refractivity contribution in [2.45, 2.75) is 17.9 Å². The molecule has 0 bridgehead atoms. The van der Waals surface area contributed by atoms with Crippen LogP contribution < -0.4 is 10.6 Å². The first-order chi connectivity index (χ1) is 20.9. The third-order valence-electron chi connectivity index (χ3n) is 8.88. The number of hydrogen-bond acceptors (Lipinski definition) is 8. The van der Waals surface area contributed by atoms with E-state index in [2.05, 4.69) is 34.5 Å². The van der Waals surface area contributed by atoms with Crippen LogP contribution in [0, 0.1) is 12.7 Å². The Hall–Kier alpha value is -3.74. The van der Waals surface area contributed by atoms with Crippen LogP contribution in [0.1, 0.15) is 11.6 Å². The number of piperazine rings is 1. The number of rotatable bonds is 5. The Morgan fingerprint density at radius 1 is 1.14 bits per heavy atom. The van der Waals surface area contributed by atoms with Crippen molar-refractivity contribution < 1.29 is 13.9 Å². The first-order valence-electron chi connectivity index (χ1n) is 14.6. The molecule has 0 radical (unpaired) electrons. The van der Waals surface area contributed by atoms with Gasteiger partial charge < -0.3 is 14.5 Å². The molecule has 1 unspecified atom stereocenters. The molecule has 7 rings (SSSR count). The smallest absolute Gasteiger partial charge is 0.350 e. The number of morpholine rings is 1. The lowest BCUT2D eigenvalue weighted by atomic mass is 9.95. The van der Waals surface area contributed by atoms with Gasteiger partial charge >= 0.3 is 5.69 Å². The fraction of sp³-hybridized carbons (Fsp3) is 0.419. The van der Waals surface area contributed by atoms with Crippen molar-refractivity contribution >= 4 is 45.3 Å². The van der Waals surface area contributed by atoms with E-state index in [1.54, 1.807) is 27.5 Å². The molecule has 5 heterocycles. The van der Waals surface area contributed by atoms with E-state index >= 15 is 0 Å². The minimum absolute atomic E-state index is 0.0605. The molecule has 10 nitrogen and oxygen atoms in total. The van der Waals surface area contributed by atoms with Gasteiger partial charge in [0.25, 0.3) is 0 Å². The number of benzene rings is 2. The topological polar surface area (TPSA) is 88.7 Å². The Kier molecular flexibility index (Phi) is 7.22. The highest BCUT2D eigenvalue weighted by atomic mass is 32.2. The highest BCUT2D eigenvalue weighted by molar-refractivity contribution is 7.99. The Morgan fingerprint density at radius 3 is 2.65 bits per heavy atom. The average molecular weight is 604 g/mol. The second-order valence-electron chi connectivity index (χ2n) is 11.4. The third kappa shape index (κ3) is 4.72. The maximum Gasteiger partial charge on any atom is 0.350 e. The number of fused-ring (bicyclic) bond motifs is 1. The summed E-state index contributed by atoms with van der Waals surface area (Å²) in [4.78, 5) is 38.2. The summed E-state index contributed by atoms with van der Waals surface area (Å²) in [5.41, 5.74) is 4.22. The minimum Gasteiger partial charge on any atom is -0.379 e. The van der Waals surface area contributed by atoms with Gasteiger partial charge in [-0.15, -0.1) is 11.8 Å². The van der Waals surface area contributed by atoms with Crippen molar-refractivity contribution in [1.29, 1.82) is 0 Å². The van der Waals surface area contributed by atoms with Gasteiger partial charge in [0.05, 0.1) is 41.9 Å². The summed E-state index contributed by atoms with van der Waals surface area (Å²) in [6, 6.07) is 5.39. The Morgan fingerprint density at radius 2 is 1.91 bits per heavy atom. The summed E-state index contributed by atoms with van der Waals surface area (Å²) in [6.45, 7) is 11.7. The zero-order chi connectivity index (χ0) is 29.8. The number of aromatic nitrogens is 4. The number of amides is 1. The van der Waals surface area contributed by atoms with E-state index in [1.165, 1.54) is 12.1 Å². The van der Waals surface area contributed by atoms with Crippen LogP contribution in [0.25, 0.3) is 32.9 Å². The Bertz CT molecular complexity index is 1820. The van der Waals surface area contributed by atoms with Gasteiger partial charge in [0.15, 0.2) is 0 Å². The van der Waals surface area contributed by atoms with E-state index in [1.807, 2.05) is 17.7 Å². The molecule has 0 spiro atoms. The van der Waals surface area contributed by atoms with Crippen molar-refractivity contribution in [2.24, 2.45) is 7.05 Å². The maximum atomic E-state index is 14.8. The van der Waals surface area contributed by atoms with Crippen LogP contribution >= 0.6 is 11.8 Å². The van der Waals surface area contributed by atoms with E-state index < -0.39 is 0 Å². The van der Waals surface area contributed by atoms with Gasteiger partial charge in [0.2, 0.25) is 5.91 Å². The highest BCUT2D eigenvalue weighted by Crippen LogP contribution is 2.47. The van der Waals surface area contributed by atoms with Crippen molar-refractivity contribution in [2.75, 3.05) is 69.7 Å². The van der Waals surface area contributed by atoms with Crippen LogP contribution in [-0.4, -0.2) is 99.8 Å². The molecule has 2 aromatic heterocycles. The Balaban J connectivity index is 1.42. The van der Waals surface area contributed by atoms with Gasteiger partial charge in [-0.1, -0.05) is 6.58 Å². The van der Waals surface area contributed by atoms with Gasteiger partial charge in [-0.05, 0) is 36.8 Å². The molecule has 3 aliphatic rings. The van der Waals surface area contributed by atoms with E-state index in [-0.39, 0.29) is 23.5 Å². The molecule has 3 aliphatic heterocycles. The molecular weight excluding hydrogens is 569 g/mol. The van der Waals surface area contributed by atoms with E-state index in [9.17, 15) is 14.0 Å². The summed E-state index contributed by atoms with van der Waals surface area (Å²) >= 11 is 1.75. The fourth-order valence-corrected chi connectivity index (χ4v) is 8.11. The summed E-state index contributed by atoms with van der Waals surface area (Å²) in [6.07, 6.45) is 2.91. The molecule has 1 atom stereocenters. The highest BCUT2D eigenvalue weighted by Gasteiger charge is 2.33. The second kappa shape index (κ2) is 11.1. The standard InChI is InChI=1S/C31H34FN7O3S/c1-4-25(40)37-7-9-38(10-8-37)30-22-15-19(2)26(21-5-6-24(32)23-16-33-35(3)27(21)23)29-28(22)39(31(41)34-30)20(18-43-29)17-36-11-13-42-14-12-36/h4-6,15-16,20H,1,7-14,17-18H2,2-3H3. The quantitative estimate of drug-likeness (QED) is 0.322. The largest absolute Gasteiger partial charge is 0.379 e. The van der Waals surface area contributed by atoms with Crippen molar-refractivity contribution in [1.82, 2.24) is 29.1 Å². The zero-order valence-electron chi connectivity index (χ0n) is 24.4. The predicted molar refractivity (Wildman–Crippen MR) is 166 cm³/mol. The van der Waals surface area contributed by atoms with E-state index in [0.717, 1.165) is 63.4 Å². The van der Waals surface area contributed by atoms with Crippen molar-refractivity contribution in [3.05, 3.63) is 58.9 Å².